The van der Waals surface area contributed by atoms with E-state index >= 15 is 0 Å². The lowest BCUT2D eigenvalue weighted by molar-refractivity contribution is -0.149. The number of piperidine rings is 1. The number of carbonyl (C=O) groups excluding carboxylic acids is 2. The van der Waals surface area contributed by atoms with Crippen LogP contribution in [0.25, 0.3) is 0 Å². The number of amides is 2. The molecule has 132 valence electrons. The molecule has 3 rings (SSSR count). The van der Waals surface area contributed by atoms with E-state index in [2.05, 4.69) is 5.32 Å². The Labute approximate surface area is 146 Å². The molecular weight excluding hydrogens is 326 g/mol. The minimum absolute atomic E-state index is 0.0746. The van der Waals surface area contributed by atoms with Gasteiger partial charge in [-0.3, -0.25) is 9.59 Å². The van der Waals surface area contributed by atoms with Gasteiger partial charge in [-0.05, 0) is 37.4 Å². The van der Waals surface area contributed by atoms with Crippen LogP contribution in [0.5, 0.6) is 0 Å². The summed E-state index contributed by atoms with van der Waals surface area (Å²) in [7, 11) is 1.66. The third kappa shape index (κ3) is 3.48. The van der Waals surface area contributed by atoms with Gasteiger partial charge < -0.3 is 19.9 Å². The molecule has 1 aromatic rings. The average Bonchev–Trinajstić information content (AvgIpc) is 3.16. The second kappa shape index (κ2) is 7.63. The van der Waals surface area contributed by atoms with Crippen LogP contribution in [-0.2, 0) is 9.53 Å². The van der Waals surface area contributed by atoms with E-state index in [9.17, 15) is 9.59 Å². The highest BCUT2D eigenvalue weighted by molar-refractivity contribution is 7.12. The van der Waals surface area contributed by atoms with Gasteiger partial charge in [0.25, 0.3) is 5.91 Å². The van der Waals surface area contributed by atoms with Gasteiger partial charge in [0.1, 0.15) is 0 Å². The average molecular weight is 351 g/mol. The fourth-order valence-corrected chi connectivity index (χ4v) is 4.30. The van der Waals surface area contributed by atoms with Crippen LogP contribution < -0.4 is 5.32 Å². The monoisotopic (exact) mass is 351 g/mol. The molecule has 3 heterocycles. The predicted molar refractivity (Wildman–Crippen MR) is 93.2 cm³/mol. The van der Waals surface area contributed by atoms with Crippen molar-refractivity contribution in [1.29, 1.82) is 0 Å². The van der Waals surface area contributed by atoms with Gasteiger partial charge >= 0.3 is 0 Å². The first-order valence-corrected chi connectivity index (χ1v) is 9.36. The molecule has 2 aliphatic heterocycles. The van der Waals surface area contributed by atoms with E-state index in [1.165, 1.54) is 11.3 Å². The first kappa shape index (κ1) is 17.4. The van der Waals surface area contributed by atoms with Crippen LogP contribution in [0.3, 0.4) is 0 Å². The SMILES string of the molecule is COCC1(C(=O)N2CCN(C(=O)c3cccs3)CC2)CCNCC1. The Balaban J connectivity index is 1.61. The van der Waals surface area contributed by atoms with Crippen LogP contribution in [-0.4, -0.2) is 74.6 Å². The van der Waals surface area contributed by atoms with Crippen molar-refractivity contribution in [2.45, 2.75) is 12.8 Å². The Morgan fingerprint density at radius 2 is 1.88 bits per heavy atom. The summed E-state index contributed by atoms with van der Waals surface area (Å²) in [6.45, 7) is 4.59. The van der Waals surface area contributed by atoms with Gasteiger partial charge in [0, 0.05) is 33.3 Å². The number of nitrogens with zero attached hydrogens (tertiary/aromatic N) is 2. The van der Waals surface area contributed by atoms with Crippen molar-refractivity contribution < 1.29 is 14.3 Å². The maximum atomic E-state index is 13.1. The van der Waals surface area contributed by atoms with Gasteiger partial charge in [-0.15, -0.1) is 11.3 Å². The maximum absolute atomic E-state index is 13.1. The van der Waals surface area contributed by atoms with Gasteiger partial charge in [-0.1, -0.05) is 6.07 Å². The molecule has 7 heteroatoms. The topological polar surface area (TPSA) is 61.9 Å². The number of carbonyl (C=O) groups is 2. The predicted octanol–water partition coefficient (Wildman–Crippen LogP) is 1.05. The highest BCUT2D eigenvalue weighted by atomic mass is 32.1. The second-order valence-electron chi connectivity index (χ2n) is 6.53. The molecule has 0 saturated carbocycles. The number of thiophene rings is 1. The number of hydrogen-bond acceptors (Lipinski definition) is 5. The molecule has 0 bridgehead atoms. The smallest absolute Gasteiger partial charge is 0.264 e. The second-order valence-corrected chi connectivity index (χ2v) is 7.47. The molecule has 0 aromatic carbocycles. The molecule has 2 saturated heterocycles. The van der Waals surface area contributed by atoms with Gasteiger partial charge in [0.05, 0.1) is 16.9 Å². The van der Waals surface area contributed by atoms with Crippen molar-refractivity contribution in [3.05, 3.63) is 22.4 Å². The van der Waals surface area contributed by atoms with E-state index in [0.717, 1.165) is 30.8 Å². The zero-order chi connectivity index (χ0) is 17.0. The maximum Gasteiger partial charge on any atom is 0.264 e. The van der Waals surface area contributed by atoms with E-state index < -0.39 is 5.41 Å². The van der Waals surface area contributed by atoms with Crippen molar-refractivity contribution in [2.24, 2.45) is 5.41 Å². The third-order valence-corrected chi connectivity index (χ3v) is 5.88. The summed E-state index contributed by atoms with van der Waals surface area (Å²) in [5.74, 6) is 0.264. The molecule has 0 aliphatic carbocycles. The van der Waals surface area contributed by atoms with Crippen molar-refractivity contribution in [1.82, 2.24) is 15.1 Å². The van der Waals surface area contributed by atoms with Gasteiger partial charge in [-0.2, -0.15) is 0 Å². The molecule has 0 unspecified atom stereocenters. The zero-order valence-corrected chi connectivity index (χ0v) is 14.9. The van der Waals surface area contributed by atoms with Gasteiger partial charge in [-0.25, -0.2) is 0 Å². The normalized spacial score (nSPS) is 20.9. The minimum atomic E-state index is -0.403. The number of piperazine rings is 1. The quantitative estimate of drug-likeness (QED) is 0.881. The summed E-state index contributed by atoms with van der Waals surface area (Å²) in [5.41, 5.74) is -0.403. The fraction of sp³-hybridized carbons (Fsp3) is 0.647. The Kier molecular flexibility index (Phi) is 5.53. The Morgan fingerprint density at radius 3 is 2.46 bits per heavy atom. The highest BCUT2D eigenvalue weighted by Gasteiger charge is 2.43. The molecule has 1 N–H and O–H groups in total. The fourth-order valence-electron chi connectivity index (χ4n) is 3.61. The molecule has 2 fully saturated rings. The van der Waals surface area contributed by atoms with Gasteiger partial charge in [0.2, 0.25) is 5.91 Å². The standard InChI is InChI=1S/C17H25N3O3S/c1-23-13-17(4-6-18-7-5-17)16(22)20-10-8-19(9-11-20)15(21)14-3-2-12-24-14/h2-3,12,18H,4-11,13H2,1H3. The van der Waals surface area contributed by atoms with E-state index in [1.807, 2.05) is 27.3 Å². The van der Waals surface area contributed by atoms with Crippen LogP contribution >= 0.6 is 11.3 Å². The van der Waals surface area contributed by atoms with E-state index in [-0.39, 0.29) is 11.8 Å². The summed E-state index contributed by atoms with van der Waals surface area (Å²) < 4.78 is 5.37. The zero-order valence-electron chi connectivity index (χ0n) is 14.1. The minimum Gasteiger partial charge on any atom is -0.384 e. The van der Waals surface area contributed by atoms with E-state index in [1.54, 1.807) is 7.11 Å². The first-order valence-electron chi connectivity index (χ1n) is 8.48. The summed E-state index contributed by atoms with van der Waals surface area (Å²) in [6, 6.07) is 3.75. The van der Waals surface area contributed by atoms with Crippen LogP contribution in [0.4, 0.5) is 0 Å². The summed E-state index contributed by atoms with van der Waals surface area (Å²) in [4.78, 5) is 30.0. The van der Waals surface area contributed by atoms with Crippen LogP contribution in [0.1, 0.15) is 22.5 Å². The number of nitrogens with one attached hydrogen (secondary N) is 1. The lowest BCUT2D eigenvalue weighted by Gasteiger charge is -2.42. The number of methoxy groups -OCH3 is 1. The molecule has 0 radical (unpaired) electrons. The van der Waals surface area contributed by atoms with Crippen LogP contribution in [0, 0.1) is 5.41 Å². The summed E-state index contributed by atoms with van der Waals surface area (Å²) >= 11 is 1.47. The summed E-state index contributed by atoms with van der Waals surface area (Å²) in [6.07, 6.45) is 1.63. The number of rotatable bonds is 4. The van der Waals surface area contributed by atoms with Crippen molar-refractivity contribution in [3.63, 3.8) is 0 Å². The molecule has 2 amide bonds. The third-order valence-electron chi connectivity index (χ3n) is 5.02. The molecule has 2 aliphatic rings. The van der Waals surface area contributed by atoms with E-state index in [0.29, 0.717) is 32.8 Å². The Hall–Kier alpha value is -1.44. The first-order chi connectivity index (χ1) is 11.7. The molecule has 24 heavy (non-hydrogen) atoms. The molecule has 0 atom stereocenters. The molecule has 0 spiro atoms. The van der Waals surface area contributed by atoms with Crippen LogP contribution in [0.15, 0.2) is 17.5 Å². The van der Waals surface area contributed by atoms with E-state index in [4.69, 9.17) is 4.74 Å². The lowest BCUT2D eigenvalue weighted by Crippen LogP contribution is -2.57. The Morgan fingerprint density at radius 1 is 1.21 bits per heavy atom. The molecule has 1 aromatic heterocycles. The Bertz CT molecular complexity index is 556. The van der Waals surface area contributed by atoms with Crippen LogP contribution in [0.2, 0.25) is 0 Å². The van der Waals surface area contributed by atoms with Crippen molar-refractivity contribution in [3.8, 4) is 0 Å². The summed E-state index contributed by atoms with van der Waals surface area (Å²) in [5, 5.41) is 5.23. The largest absolute Gasteiger partial charge is 0.384 e. The number of hydrogen-bond donors (Lipinski definition) is 1. The van der Waals surface area contributed by atoms with Crippen molar-refractivity contribution >= 4 is 23.2 Å². The van der Waals surface area contributed by atoms with Gasteiger partial charge in [0.15, 0.2) is 0 Å². The van der Waals surface area contributed by atoms with Crippen molar-refractivity contribution in [2.75, 3.05) is 53.0 Å². The lowest BCUT2D eigenvalue weighted by atomic mass is 9.78. The highest BCUT2D eigenvalue weighted by Crippen LogP contribution is 2.32. The number of ether oxygens (including phenoxy) is 1. The molecular formula is C17H25N3O3S. The molecule has 6 nitrogen and oxygen atoms in total.